The molecule has 0 unspecified atom stereocenters. The largest absolute Gasteiger partial charge is 0.484 e. The van der Waals surface area contributed by atoms with Crippen LogP contribution in [0.4, 0.5) is 18.9 Å². The van der Waals surface area contributed by atoms with E-state index in [0.29, 0.717) is 5.56 Å². The Bertz CT molecular complexity index is 1250. The molecule has 3 aromatic rings. The monoisotopic (exact) mass is 498 g/mol. The van der Waals surface area contributed by atoms with E-state index in [2.05, 4.69) is 21.2 Å². The number of para-hydroxylation sites is 1. The average molecular weight is 498 g/mol. The molecule has 0 spiro atoms. The number of carbonyl (C=O) groups is 3. The van der Waals surface area contributed by atoms with E-state index in [9.17, 15) is 27.6 Å². The van der Waals surface area contributed by atoms with Gasteiger partial charge in [0.1, 0.15) is 5.75 Å². The first kappa shape index (κ1) is 25.9. The fourth-order valence-corrected chi connectivity index (χ4v) is 2.93. The van der Waals surface area contributed by atoms with Crippen LogP contribution in [0.15, 0.2) is 84.0 Å². The Morgan fingerprint density at radius 3 is 2.36 bits per heavy atom. The van der Waals surface area contributed by atoms with Gasteiger partial charge in [-0.2, -0.15) is 18.3 Å². The highest BCUT2D eigenvalue weighted by Crippen LogP contribution is 2.34. The molecule has 0 aliphatic carbocycles. The van der Waals surface area contributed by atoms with Crippen molar-refractivity contribution >= 4 is 29.6 Å². The molecule has 0 aliphatic rings. The molecule has 0 atom stereocenters. The number of rotatable bonds is 8. The number of carbonyl (C=O) groups excluding carboxylic acids is 3. The molecule has 0 radical (unpaired) electrons. The van der Waals surface area contributed by atoms with Gasteiger partial charge >= 0.3 is 18.0 Å². The molecule has 186 valence electrons. The van der Waals surface area contributed by atoms with E-state index >= 15 is 0 Å². The van der Waals surface area contributed by atoms with Crippen molar-refractivity contribution in [2.45, 2.75) is 12.7 Å². The summed E-state index contributed by atoms with van der Waals surface area (Å²) in [6.45, 7) is -0.351. The van der Waals surface area contributed by atoms with Crippen molar-refractivity contribution in [2.75, 3.05) is 11.9 Å². The number of hydrazone groups is 1. The van der Waals surface area contributed by atoms with Crippen molar-refractivity contribution in [3.63, 3.8) is 0 Å². The summed E-state index contributed by atoms with van der Waals surface area (Å²) >= 11 is 0. The quantitative estimate of drug-likeness (QED) is 0.251. The summed E-state index contributed by atoms with van der Waals surface area (Å²) < 4.78 is 44.5. The number of hydrogen-bond acceptors (Lipinski definition) is 5. The highest BCUT2D eigenvalue weighted by molar-refractivity contribution is 6.35. The smallest absolute Gasteiger partial charge is 0.418 e. The Kier molecular flexibility index (Phi) is 8.76. The minimum absolute atomic E-state index is 0.186. The maximum Gasteiger partial charge on any atom is 0.418 e. The SMILES string of the molecule is O=C(COc1cccc(/C=N\NC(=O)C(=O)NCc2ccccc2)c1)Nc1ccccc1C(F)(F)F. The van der Waals surface area contributed by atoms with Crippen LogP contribution in [0.3, 0.4) is 0 Å². The van der Waals surface area contributed by atoms with Crippen molar-refractivity contribution in [3.8, 4) is 5.75 Å². The van der Waals surface area contributed by atoms with E-state index in [-0.39, 0.29) is 18.0 Å². The molecule has 0 aliphatic heterocycles. The van der Waals surface area contributed by atoms with Crippen LogP contribution in [0.5, 0.6) is 5.75 Å². The summed E-state index contributed by atoms with van der Waals surface area (Å²) in [5.74, 6) is -2.35. The van der Waals surface area contributed by atoms with Crippen LogP contribution in [-0.2, 0) is 27.1 Å². The van der Waals surface area contributed by atoms with Crippen LogP contribution in [0.2, 0.25) is 0 Å². The van der Waals surface area contributed by atoms with Gasteiger partial charge in [0, 0.05) is 6.54 Å². The molecule has 0 bridgehead atoms. The number of alkyl halides is 3. The molecule has 3 rings (SSSR count). The first-order chi connectivity index (χ1) is 17.2. The fourth-order valence-electron chi connectivity index (χ4n) is 2.93. The van der Waals surface area contributed by atoms with E-state index in [4.69, 9.17) is 4.74 Å². The van der Waals surface area contributed by atoms with Crippen molar-refractivity contribution in [1.29, 1.82) is 0 Å². The minimum Gasteiger partial charge on any atom is -0.484 e. The standard InChI is InChI=1S/C25H21F3N4O4/c26-25(27,28)20-11-4-5-12-21(20)31-22(33)16-36-19-10-6-9-18(13-19)15-30-32-24(35)23(34)29-14-17-7-2-1-3-8-17/h1-13,15H,14,16H2,(H,29,34)(H,31,33)(H,32,35)/b30-15-. The van der Waals surface area contributed by atoms with Gasteiger partial charge in [0.05, 0.1) is 17.5 Å². The van der Waals surface area contributed by atoms with Gasteiger partial charge < -0.3 is 15.4 Å². The lowest BCUT2D eigenvalue weighted by Crippen LogP contribution is -2.37. The summed E-state index contributed by atoms with van der Waals surface area (Å²) in [6.07, 6.45) is -3.36. The zero-order valence-electron chi connectivity index (χ0n) is 18.7. The van der Waals surface area contributed by atoms with Crippen molar-refractivity contribution in [1.82, 2.24) is 10.7 Å². The third kappa shape index (κ3) is 7.97. The molecule has 8 nitrogen and oxygen atoms in total. The lowest BCUT2D eigenvalue weighted by molar-refractivity contribution is -0.139. The zero-order chi connectivity index (χ0) is 26.0. The Hall–Kier alpha value is -4.67. The maximum absolute atomic E-state index is 13.1. The number of amides is 3. The Labute approximate surface area is 204 Å². The van der Waals surface area contributed by atoms with E-state index < -0.39 is 36.1 Å². The van der Waals surface area contributed by atoms with Crippen molar-refractivity contribution in [2.24, 2.45) is 5.10 Å². The molecule has 0 aromatic heterocycles. The molecule has 0 heterocycles. The lowest BCUT2D eigenvalue weighted by atomic mass is 10.1. The van der Waals surface area contributed by atoms with Gasteiger partial charge in [-0.1, -0.05) is 54.6 Å². The van der Waals surface area contributed by atoms with Gasteiger partial charge in [-0.3, -0.25) is 14.4 Å². The van der Waals surface area contributed by atoms with Crippen LogP contribution in [0.1, 0.15) is 16.7 Å². The second kappa shape index (κ2) is 12.2. The molecular formula is C25H21F3N4O4. The first-order valence-corrected chi connectivity index (χ1v) is 10.6. The van der Waals surface area contributed by atoms with Gasteiger partial charge in [0.25, 0.3) is 5.91 Å². The number of nitrogens with zero attached hydrogens (tertiary/aromatic N) is 1. The number of hydrogen-bond donors (Lipinski definition) is 3. The molecule has 0 saturated heterocycles. The third-order valence-corrected chi connectivity index (χ3v) is 4.62. The number of halogens is 3. The van der Waals surface area contributed by atoms with Crippen LogP contribution in [0, 0.1) is 0 Å². The lowest BCUT2D eigenvalue weighted by Gasteiger charge is -2.13. The van der Waals surface area contributed by atoms with E-state index in [1.165, 1.54) is 30.5 Å². The highest BCUT2D eigenvalue weighted by Gasteiger charge is 2.33. The Morgan fingerprint density at radius 1 is 0.889 bits per heavy atom. The number of benzene rings is 3. The predicted octanol–water partition coefficient (Wildman–Crippen LogP) is 3.49. The molecule has 11 heteroatoms. The maximum atomic E-state index is 13.1. The number of nitrogens with one attached hydrogen (secondary N) is 3. The predicted molar refractivity (Wildman–Crippen MR) is 126 cm³/mol. The second-order valence-electron chi connectivity index (χ2n) is 7.32. The Morgan fingerprint density at radius 2 is 1.61 bits per heavy atom. The van der Waals surface area contributed by atoms with E-state index in [0.717, 1.165) is 17.7 Å². The molecule has 3 amide bonds. The minimum atomic E-state index is -4.61. The normalized spacial score (nSPS) is 11.1. The van der Waals surface area contributed by atoms with Crippen LogP contribution in [0.25, 0.3) is 0 Å². The summed E-state index contributed by atoms with van der Waals surface area (Å²) in [4.78, 5) is 35.8. The Balaban J connectivity index is 1.48. The summed E-state index contributed by atoms with van der Waals surface area (Å²) in [6, 6.07) is 19.9. The molecule has 36 heavy (non-hydrogen) atoms. The van der Waals surface area contributed by atoms with Gasteiger partial charge in [0.15, 0.2) is 6.61 Å². The topological polar surface area (TPSA) is 109 Å². The summed E-state index contributed by atoms with van der Waals surface area (Å²) in [5.41, 5.74) is 2.07. The molecule has 0 fully saturated rings. The van der Waals surface area contributed by atoms with Crippen molar-refractivity contribution < 1.29 is 32.3 Å². The summed E-state index contributed by atoms with van der Waals surface area (Å²) in [7, 11) is 0. The van der Waals surface area contributed by atoms with Gasteiger partial charge in [-0.25, -0.2) is 5.43 Å². The molecule has 3 N–H and O–H groups in total. The van der Waals surface area contributed by atoms with Gasteiger partial charge in [-0.15, -0.1) is 0 Å². The third-order valence-electron chi connectivity index (χ3n) is 4.62. The summed E-state index contributed by atoms with van der Waals surface area (Å²) in [5, 5.41) is 8.37. The van der Waals surface area contributed by atoms with E-state index in [1.54, 1.807) is 24.3 Å². The highest BCUT2D eigenvalue weighted by atomic mass is 19.4. The van der Waals surface area contributed by atoms with Crippen LogP contribution < -0.4 is 20.8 Å². The average Bonchev–Trinajstić information content (AvgIpc) is 2.86. The first-order valence-electron chi connectivity index (χ1n) is 10.6. The van der Waals surface area contributed by atoms with Crippen molar-refractivity contribution in [3.05, 3.63) is 95.6 Å². The number of ether oxygens (including phenoxy) is 1. The molecule has 0 saturated carbocycles. The number of anilines is 1. The van der Waals surface area contributed by atoms with Gasteiger partial charge in [-0.05, 0) is 35.4 Å². The van der Waals surface area contributed by atoms with Crippen LogP contribution in [-0.4, -0.2) is 30.5 Å². The molecule has 3 aromatic carbocycles. The zero-order valence-corrected chi connectivity index (χ0v) is 18.7. The fraction of sp³-hybridized carbons (Fsp3) is 0.120. The second-order valence-corrected chi connectivity index (χ2v) is 7.32. The van der Waals surface area contributed by atoms with Gasteiger partial charge in [0.2, 0.25) is 0 Å². The van der Waals surface area contributed by atoms with E-state index in [1.807, 2.05) is 18.2 Å². The van der Waals surface area contributed by atoms with Crippen LogP contribution >= 0.6 is 0 Å². The molecular weight excluding hydrogens is 477 g/mol.